The highest BCUT2D eigenvalue weighted by atomic mass is 32.2. The number of rotatable bonds is 8. The topological polar surface area (TPSA) is 114 Å². The normalized spacial score (nSPS) is 14.7. The zero-order chi connectivity index (χ0) is 23.3. The molecule has 8 nitrogen and oxygen atoms in total. The fourth-order valence-corrected chi connectivity index (χ4v) is 4.09. The van der Waals surface area contributed by atoms with E-state index >= 15 is 0 Å². The molecule has 1 saturated carbocycles. The van der Waals surface area contributed by atoms with E-state index in [2.05, 4.69) is 15.6 Å². The molecule has 9 heteroatoms. The zero-order valence-corrected chi connectivity index (χ0v) is 19.0. The smallest absolute Gasteiger partial charge is 0.279 e. The molecule has 1 aliphatic rings. The molecule has 1 atom stereocenters. The van der Waals surface area contributed by atoms with Gasteiger partial charge in [-0.05, 0) is 74.6 Å². The van der Waals surface area contributed by atoms with Gasteiger partial charge in [0.25, 0.3) is 11.8 Å². The van der Waals surface area contributed by atoms with Gasteiger partial charge in [0.05, 0.1) is 4.90 Å². The summed E-state index contributed by atoms with van der Waals surface area (Å²) in [6.45, 7) is 5.46. The number of ether oxygens (including phenoxy) is 1. The van der Waals surface area contributed by atoms with Crippen LogP contribution in [0.2, 0.25) is 0 Å². The molecule has 170 valence electrons. The molecule has 0 heterocycles. The van der Waals surface area contributed by atoms with Crippen LogP contribution in [-0.2, 0) is 19.6 Å². The molecule has 1 aliphatic carbocycles. The van der Waals surface area contributed by atoms with Gasteiger partial charge in [0.15, 0.2) is 6.10 Å². The van der Waals surface area contributed by atoms with Crippen LogP contribution in [0.15, 0.2) is 53.4 Å². The number of hydrogen-bond donors (Lipinski definition) is 3. The van der Waals surface area contributed by atoms with Gasteiger partial charge in [-0.15, -0.1) is 0 Å². The van der Waals surface area contributed by atoms with Gasteiger partial charge < -0.3 is 4.74 Å². The molecular formula is C23H27N3O5S. The maximum absolute atomic E-state index is 12.2. The Morgan fingerprint density at radius 1 is 1.06 bits per heavy atom. The number of carbonyl (C=O) groups excluding carboxylic acids is 2. The summed E-state index contributed by atoms with van der Waals surface area (Å²) in [6.07, 6.45) is 3.67. The summed E-state index contributed by atoms with van der Waals surface area (Å²) < 4.78 is 32.6. The second-order valence-corrected chi connectivity index (χ2v) is 9.45. The van der Waals surface area contributed by atoms with Crippen LogP contribution >= 0.6 is 0 Å². The minimum Gasteiger partial charge on any atom is -0.481 e. The Balaban J connectivity index is 1.48. The van der Waals surface area contributed by atoms with Gasteiger partial charge in [0.1, 0.15) is 5.75 Å². The van der Waals surface area contributed by atoms with Gasteiger partial charge in [-0.1, -0.05) is 24.3 Å². The van der Waals surface area contributed by atoms with Crippen molar-refractivity contribution in [1.82, 2.24) is 15.6 Å². The van der Waals surface area contributed by atoms with Crippen molar-refractivity contribution < 1.29 is 22.7 Å². The predicted molar refractivity (Wildman–Crippen MR) is 121 cm³/mol. The van der Waals surface area contributed by atoms with E-state index in [0.717, 1.165) is 24.0 Å². The predicted octanol–water partition coefficient (Wildman–Crippen LogP) is 2.37. The van der Waals surface area contributed by atoms with Crippen LogP contribution in [0.4, 0.5) is 0 Å². The molecule has 2 aromatic rings. The van der Waals surface area contributed by atoms with Crippen LogP contribution in [0.3, 0.4) is 0 Å². The molecule has 0 aliphatic heterocycles. The van der Waals surface area contributed by atoms with Gasteiger partial charge in [-0.2, -0.15) is 0 Å². The lowest BCUT2D eigenvalue weighted by atomic mass is 10.1. The lowest BCUT2D eigenvalue weighted by molar-refractivity contribution is -0.131. The summed E-state index contributed by atoms with van der Waals surface area (Å²) in [6, 6.07) is 11.8. The zero-order valence-electron chi connectivity index (χ0n) is 18.2. The van der Waals surface area contributed by atoms with Crippen LogP contribution in [-0.4, -0.2) is 32.4 Å². The molecule has 0 saturated heterocycles. The van der Waals surface area contributed by atoms with Crippen molar-refractivity contribution in [3.05, 3.63) is 65.2 Å². The molecule has 0 radical (unpaired) electrons. The molecule has 1 unspecified atom stereocenters. The molecule has 1 fully saturated rings. The fourth-order valence-electron chi connectivity index (χ4n) is 2.78. The molecule has 3 rings (SSSR count). The van der Waals surface area contributed by atoms with Gasteiger partial charge in [-0.3, -0.25) is 20.4 Å². The molecule has 0 bridgehead atoms. The summed E-state index contributed by atoms with van der Waals surface area (Å²) in [5.74, 6) is -0.425. The third kappa shape index (κ3) is 6.41. The first-order valence-corrected chi connectivity index (χ1v) is 11.8. The monoisotopic (exact) mass is 457 g/mol. The SMILES string of the molecule is Cc1cccc(OC(C)C(=O)NNC(=O)/C=C/c2ccc(S(=O)(=O)NC3CC3)cc2)c1C. The van der Waals surface area contributed by atoms with E-state index in [1.54, 1.807) is 25.1 Å². The van der Waals surface area contributed by atoms with Crippen molar-refractivity contribution in [3.8, 4) is 5.75 Å². The summed E-state index contributed by atoms with van der Waals surface area (Å²) in [7, 11) is -3.51. The number of nitrogens with one attached hydrogen (secondary N) is 3. The van der Waals surface area contributed by atoms with E-state index < -0.39 is 27.9 Å². The maximum Gasteiger partial charge on any atom is 0.279 e. The third-order valence-electron chi connectivity index (χ3n) is 5.05. The molecular weight excluding hydrogens is 430 g/mol. The van der Waals surface area contributed by atoms with Crippen LogP contribution in [0.5, 0.6) is 5.75 Å². The fraction of sp³-hybridized carbons (Fsp3) is 0.304. The Kier molecular flexibility index (Phi) is 7.32. The average molecular weight is 458 g/mol. The first-order chi connectivity index (χ1) is 15.2. The highest BCUT2D eigenvalue weighted by Gasteiger charge is 2.27. The highest BCUT2D eigenvalue weighted by Crippen LogP contribution is 2.23. The lowest BCUT2D eigenvalue weighted by Gasteiger charge is -2.17. The third-order valence-corrected chi connectivity index (χ3v) is 6.59. The van der Waals surface area contributed by atoms with Crippen molar-refractivity contribution in [2.24, 2.45) is 0 Å². The maximum atomic E-state index is 12.2. The number of amides is 2. The lowest BCUT2D eigenvalue weighted by Crippen LogP contribution is -2.46. The Bertz CT molecular complexity index is 1120. The van der Waals surface area contributed by atoms with Crippen molar-refractivity contribution in [3.63, 3.8) is 0 Å². The summed E-state index contributed by atoms with van der Waals surface area (Å²) in [5, 5.41) is 0. The molecule has 2 amide bonds. The van der Waals surface area contributed by atoms with E-state index in [0.29, 0.717) is 11.3 Å². The van der Waals surface area contributed by atoms with E-state index in [-0.39, 0.29) is 10.9 Å². The van der Waals surface area contributed by atoms with Gasteiger partial charge in [-0.25, -0.2) is 13.1 Å². The number of carbonyl (C=O) groups is 2. The quantitative estimate of drug-likeness (QED) is 0.416. The number of benzene rings is 2. The van der Waals surface area contributed by atoms with Crippen molar-refractivity contribution >= 4 is 27.9 Å². The van der Waals surface area contributed by atoms with Crippen LogP contribution in [0, 0.1) is 13.8 Å². The number of hydrazine groups is 1. The number of sulfonamides is 1. The van der Waals surface area contributed by atoms with Crippen molar-refractivity contribution in [2.45, 2.75) is 50.7 Å². The number of hydrogen-bond acceptors (Lipinski definition) is 5. The number of aryl methyl sites for hydroxylation is 1. The Hall–Kier alpha value is -3.17. The van der Waals surface area contributed by atoms with Crippen molar-refractivity contribution in [1.29, 1.82) is 0 Å². The standard InChI is InChI=1S/C23H27N3O5S/c1-15-5-4-6-21(16(15)2)31-17(3)23(28)25-24-22(27)14-9-18-7-12-20(13-8-18)32(29,30)26-19-10-11-19/h4-9,12-14,17,19,26H,10-11H2,1-3H3,(H,24,27)(H,25,28)/b14-9+. The second kappa shape index (κ2) is 9.97. The van der Waals surface area contributed by atoms with E-state index in [1.165, 1.54) is 24.3 Å². The van der Waals surface area contributed by atoms with E-state index in [4.69, 9.17) is 4.74 Å². The molecule has 2 aromatic carbocycles. The minimum absolute atomic E-state index is 0.0347. The Labute approximate surface area is 188 Å². The first kappa shape index (κ1) is 23.5. The highest BCUT2D eigenvalue weighted by molar-refractivity contribution is 7.89. The minimum atomic E-state index is -3.51. The van der Waals surface area contributed by atoms with Gasteiger partial charge >= 0.3 is 0 Å². The van der Waals surface area contributed by atoms with Crippen molar-refractivity contribution in [2.75, 3.05) is 0 Å². The second-order valence-electron chi connectivity index (χ2n) is 7.73. The van der Waals surface area contributed by atoms with Gasteiger partial charge in [0, 0.05) is 12.1 Å². The van der Waals surface area contributed by atoms with Crippen LogP contribution < -0.4 is 20.3 Å². The average Bonchev–Trinajstić information content (AvgIpc) is 3.57. The summed E-state index contributed by atoms with van der Waals surface area (Å²) in [5.41, 5.74) is 7.26. The van der Waals surface area contributed by atoms with Crippen LogP contribution in [0.25, 0.3) is 6.08 Å². The molecule has 0 spiro atoms. The summed E-state index contributed by atoms with van der Waals surface area (Å²) >= 11 is 0. The van der Waals surface area contributed by atoms with Gasteiger partial charge in [0.2, 0.25) is 10.0 Å². The molecule has 3 N–H and O–H groups in total. The molecule has 32 heavy (non-hydrogen) atoms. The van der Waals surface area contributed by atoms with Crippen LogP contribution in [0.1, 0.15) is 36.5 Å². The first-order valence-electron chi connectivity index (χ1n) is 10.3. The molecule has 0 aromatic heterocycles. The van der Waals surface area contributed by atoms with E-state index in [9.17, 15) is 18.0 Å². The summed E-state index contributed by atoms with van der Waals surface area (Å²) in [4.78, 5) is 24.4. The Morgan fingerprint density at radius 3 is 2.41 bits per heavy atom. The Morgan fingerprint density at radius 2 is 1.75 bits per heavy atom. The largest absolute Gasteiger partial charge is 0.481 e. The van der Waals surface area contributed by atoms with E-state index in [1.807, 2.05) is 26.0 Å².